The molecule has 0 amide bonds. The van der Waals surface area contributed by atoms with E-state index in [1.807, 2.05) is 6.07 Å². The number of Topliss-reactive ketones (excluding diaryl/α,β-unsaturated/α-hetero) is 1. The second-order valence-electron chi connectivity index (χ2n) is 7.33. The van der Waals surface area contributed by atoms with Gasteiger partial charge < -0.3 is 4.74 Å². The number of hydrogen-bond donors (Lipinski definition) is 0. The van der Waals surface area contributed by atoms with Gasteiger partial charge in [-0.2, -0.15) is 0 Å². The molecule has 5 unspecified atom stereocenters. The topological polar surface area (TPSA) is 43.4 Å². The van der Waals surface area contributed by atoms with Gasteiger partial charge in [0, 0.05) is 11.8 Å². The van der Waals surface area contributed by atoms with Gasteiger partial charge in [-0.25, -0.2) is 0 Å². The van der Waals surface area contributed by atoms with Crippen molar-refractivity contribution in [2.75, 3.05) is 7.11 Å². The molecule has 3 saturated carbocycles. The third-order valence-corrected chi connectivity index (χ3v) is 6.43. The average molecular weight is 298 g/mol. The zero-order chi connectivity index (χ0) is 15.3. The zero-order valence-corrected chi connectivity index (χ0v) is 13.0. The Kier molecular flexibility index (Phi) is 3.14. The van der Waals surface area contributed by atoms with Gasteiger partial charge in [0.15, 0.2) is 0 Å². The Morgan fingerprint density at radius 2 is 2.00 bits per heavy atom. The summed E-state index contributed by atoms with van der Waals surface area (Å²) in [7, 11) is 1.46. The molecule has 1 aromatic rings. The Morgan fingerprint density at radius 3 is 2.73 bits per heavy atom. The number of hydrogen-bond acceptors (Lipinski definition) is 3. The first-order chi connectivity index (χ1) is 10.6. The second-order valence-corrected chi connectivity index (χ2v) is 7.33. The monoisotopic (exact) mass is 298 g/mol. The van der Waals surface area contributed by atoms with Crippen molar-refractivity contribution in [3.63, 3.8) is 0 Å². The lowest BCUT2D eigenvalue weighted by molar-refractivity contribution is -0.160. The second kappa shape index (κ2) is 4.94. The highest BCUT2D eigenvalue weighted by Crippen LogP contribution is 2.59. The van der Waals surface area contributed by atoms with E-state index in [4.69, 9.17) is 4.74 Å². The average Bonchev–Trinajstić information content (AvgIpc) is 2.55. The van der Waals surface area contributed by atoms with Gasteiger partial charge in [-0.05, 0) is 49.0 Å². The minimum Gasteiger partial charge on any atom is -0.469 e. The molecular formula is C19H22O3. The maximum Gasteiger partial charge on any atom is 0.308 e. The summed E-state index contributed by atoms with van der Waals surface area (Å²) in [4.78, 5) is 24.8. The first kappa shape index (κ1) is 14.0. The fourth-order valence-electron chi connectivity index (χ4n) is 5.45. The van der Waals surface area contributed by atoms with Crippen LogP contribution in [0.25, 0.3) is 0 Å². The molecule has 22 heavy (non-hydrogen) atoms. The predicted molar refractivity (Wildman–Crippen MR) is 82.2 cm³/mol. The van der Waals surface area contributed by atoms with E-state index in [0.29, 0.717) is 12.2 Å². The highest BCUT2D eigenvalue weighted by Gasteiger charge is 2.58. The quantitative estimate of drug-likeness (QED) is 0.788. The predicted octanol–water partition coefficient (Wildman–Crippen LogP) is 3.12. The molecule has 0 radical (unpaired) electrons. The van der Waals surface area contributed by atoms with Crippen LogP contribution in [0, 0.1) is 23.7 Å². The Labute approximate surface area is 131 Å². The van der Waals surface area contributed by atoms with E-state index in [1.165, 1.54) is 12.7 Å². The lowest BCUT2D eigenvalue weighted by Gasteiger charge is -2.55. The zero-order valence-electron chi connectivity index (χ0n) is 13.0. The van der Waals surface area contributed by atoms with Crippen LogP contribution >= 0.6 is 0 Å². The maximum atomic E-state index is 12.7. The van der Waals surface area contributed by atoms with E-state index in [2.05, 4.69) is 24.3 Å². The molecule has 3 fully saturated rings. The molecule has 0 aliphatic heterocycles. The normalized spacial score (nSPS) is 39.6. The maximum absolute atomic E-state index is 12.7. The minimum atomic E-state index is -0.110. The van der Waals surface area contributed by atoms with E-state index in [1.54, 1.807) is 0 Å². The van der Waals surface area contributed by atoms with E-state index in [0.717, 1.165) is 25.7 Å². The molecule has 5 atom stereocenters. The van der Waals surface area contributed by atoms with Crippen molar-refractivity contribution in [2.24, 2.45) is 23.7 Å². The fourth-order valence-corrected chi connectivity index (χ4v) is 5.45. The van der Waals surface area contributed by atoms with Crippen LogP contribution in [-0.2, 0) is 19.7 Å². The van der Waals surface area contributed by atoms with Gasteiger partial charge >= 0.3 is 5.97 Å². The summed E-state index contributed by atoms with van der Waals surface area (Å²) in [6.45, 7) is 0. The van der Waals surface area contributed by atoms with Crippen molar-refractivity contribution >= 4 is 11.8 Å². The molecule has 0 spiro atoms. The van der Waals surface area contributed by atoms with E-state index < -0.39 is 0 Å². The van der Waals surface area contributed by atoms with Gasteiger partial charge in [-0.15, -0.1) is 0 Å². The highest BCUT2D eigenvalue weighted by atomic mass is 16.5. The molecule has 0 saturated heterocycles. The molecule has 0 heterocycles. The Morgan fingerprint density at radius 1 is 1.23 bits per heavy atom. The van der Waals surface area contributed by atoms with E-state index >= 15 is 0 Å². The molecule has 3 aliphatic rings. The molecule has 0 aromatic heterocycles. The van der Waals surface area contributed by atoms with Crippen LogP contribution in [-0.4, -0.2) is 18.9 Å². The van der Waals surface area contributed by atoms with Gasteiger partial charge in [0.2, 0.25) is 0 Å². The standard InChI is InChI=1S/C19H22O3/c1-22-18(21)15-9-12-10-19(13-5-3-2-4-6-13)8-7-14(15)16(11-19)17(12)20/h2-6,12,14-16H,7-11H2,1H3. The van der Waals surface area contributed by atoms with Crippen molar-refractivity contribution in [3.8, 4) is 0 Å². The fraction of sp³-hybridized carbons (Fsp3) is 0.579. The van der Waals surface area contributed by atoms with Crippen LogP contribution in [0.2, 0.25) is 0 Å². The van der Waals surface area contributed by atoms with Crippen LogP contribution in [0.15, 0.2) is 30.3 Å². The van der Waals surface area contributed by atoms with Crippen molar-refractivity contribution in [1.29, 1.82) is 0 Å². The van der Waals surface area contributed by atoms with E-state index in [9.17, 15) is 9.59 Å². The Bertz CT molecular complexity index is 604. The Hall–Kier alpha value is -1.64. The summed E-state index contributed by atoms with van der Waals surface area (Å²) in [5.41, 5.74) is 1.54. The van der Waals surface area contributed by atoms with Crippen LogP contribution < -0.4 is 0 Å². The number of fused-ring (bicyclic) bond motifs is 2. The SMILES string of the molecule is COC(=O)C1CC2CC3(c4ccccc4)CCC1C(C3)C2=O. The van der Waals surface area contributed by atoms with Crippen molar-refractivity contribution < 1.29 is 14.3 Å². The smallest absolute Gasteiger partial charge is 0.308 e. The largest absolute Gasteiger partial charge is 0.469 e. The molecule has 3 heteroatoms. The van der Waals surface area contributed by atoms with Gasteiger partial charge in [0.05, 0.1) is 13.0 Å². The van der Waals surface area contributed by atoms with Crippen LogP contribution in [0.4, 0.5) is 0 Å². The van der Waals surface area contributed by atoms with E-state index in [-0.39, 0.29) is 35.1 Å². The molecule has 3 aliphatic carbocycles. The third-order valence-electron chi connectivity index (χ3n) is 6.43. The molecular weight excluding hydrogens is 276 g/mol. The minimum absolute atomic E-state index is 0.0413. The number of carbonyl (C=O) groups is 2. The number of ketones is 1. The summed E-state index contributed by atoms with van der Waals surface area (Å²) >= 11 is 0. The number of methoxy groups -OCH3 is 1. The van der Waals surface area contributed by atoms with Crippen molar-refractivity contribution in [2.45, 2.75) is 37.5 Å². The number of ether oxygens (including phenoxy) is 1. The van der Waals surface area contributed by atoms with Crippen LogP contribution in [0.1, 0.15) is 37.7 Å². The summed E-state index contributed by atoms with van der Waals surface area (Å²) in [6, 6.07) is 10.7. The molecule has 3 nitrogen and oxygen atoms in total. The van der Waals surface area contributed by atoms with Crippen molar-refractivity contribution in [3.05, 3.63) is 35.9 Å². The lowest BCUT2D eigenvalue weighted by atomic mass is 9.47. The van der Waals surface area contributed by atoms with Crippen molar-refractivity contribution in [1.82, 2.24) is 0 Å². The first-order valence-corrected chi connectivity index (χ1v) is 8.32. The number of carbonyl (C=O) groups excluding carboxylic acids is 2. The summed E-state index contributed by atoms with van der Waals surface area (Å²) in [5.74, 6) is 0.545. The summed E-state index contributed by atoms with van der Waals surface area (Å²) in [6.07, 6.45) is 4.59. The van der Waals surface area contributed by atoms with Crippen LogP contribution in [0.5, 0.6) is 0 Å². The molecule has 1 aromatic carbocycles. The number of benzene rings is 1. The molecule has 4 rings (SSSR count). The van der Waals surface area contributed by atoms with Gasteiger partial charge in [0.1, 0.15) is 5.78 Å². The van der Waals surface area contributed by atoms with Gasteiger partial charge in [-0.3, -0.25) is 9.59 Å². The van der Waals surface area contributed by atoms with Crippen LogP contribution in [0.3, 0.4) is 0 Å². The van der Waals surface area contributed by atoms with Gasteiger partial charge in [-0.1, -0.05) is 30.3 Å². The number of rotatable bonds is 2. The Balaban J connectivity index is 1.71. The summed E-state index contributed by atoms with van der Waals surface area (Å²) < 4.78 is 5.00. The first-order valence-electron chi connectivity index (χ1n) is 8.32. The third kappa shape index (κ3) is 1.87. The molecule has 116 valence electrons. The molecule has 0 N–H and O–H groups in total. The lowest BCUT2D eigenvalue weighted by Crippen LogP contribution is -2.56. The molecule has 3 bridgehead atoms. The summed E-state index contributed by atoms with van der Waals surface area (Å²) in [5, 5.41) is 0. The van der Waals surface area contributed by atoms with Gasteiger partial charge in [0.25, 0.3) is 0 Å². The highest BCUT2D eigenvalue weighted by molar-refractivity contribution is 5.88. The number of esters is 1.